The number of hydrogen-bond acceptors (Lipinski definition) is 3. The second-order valence-corrected chi connectivity index (χ2v) is 7.70. The highest BCUT2D eigenvalue weighted by atomic mass is 16.5. The van der Waals surface area contributed by atoms with Gasteiger partial charge < -0.3 is 10.1 Å². The summed E-state index contributed by atoms with van der Waals surface area (Å²) in [7, 11) is 0. The van der Waals surface area contributed by atoms with Crippen molar-refractivity contribution >= 4 is 5.97 Å². The number of esters is 1. The molecule has 2 aliphatic carbocycles. The van der Waals surface area contributed by atoms with Crippen molar-refractivity contribution in [1.82, 2.24) is 5.32 Å². The zero-order valence-electron chi connectivity index (χ0n) is 13.7. The quantitative estimate of drug-likeness (QED) is 0.853. The lowest BCUT2D eigenvalue weighted by molar-refractivity contribution is -0.160. The van der Waals surface area contributed by atoms with Crippen molar-refractivity contribution in [2.45, 2.75) is 57.5 Å². The summed E-state index contributed by atoms with van der Waals surface area (Å²) < 4.78 is 5.32. The van der Waals surface area contributed by atoms with E-state index in [1.54, 1.807) is 0 Å². The first-order chi connectivity index (χ1) is 10.5. The van der Waals surface area contributed by atoms with E-state index in [1.165, 1.54) is 11.1 Å². The molecule has 0 radical (unpaired) electrons. The SMILES string of the molecule is CCOC(=O)C1CC2(C)C3Cc4ccccc4C2(C)CC1N3. The van der Waals surface area contributed by atoms with Gasteiger partial charge in [-0.05, 0) is 42.7 Å². The summed E-state index contributed by atoms with van der Waals surface area (Å²) in [5, 5.41) is 3.78. The van der Waals surface area contributed by atoms with Crippen molar-refractivity contribution in [2.75, 3.05) is 6.61 Å². The predicted octanol–water partition coefficient (Wildman–Crippen LogP) is 2.82. The number of carbonyl (C=O) groups excluding carboxylic acids is 1. The van der Waals surface area contributed by atoms with E-state index in [1.807, 2.05) is 6.92 Å². The fraction of sp³-hybridized carbons (Fsp3) is 0.632. The van der Waals surface area contributed by atoms with Gasteiger partial charge in [-0.3, -0.25) is 4.79 Å². The average molecular weight is 299 g/mol. The number of benzene rings is 1. The zero-order chi connectivity index (χ0) is 15.5. The van der Waals surface area contributed by atoms with Gasteiger partial charge in [0, 0.05) is 17.5 Å². The van der Waals surface area contributed by atoms with Crippen LogP contribution in [-0.2, 0) is 21.4 Å². The maximum Gasteiger partial charge on any atom is 0.310 e. The Morgan fingerprint density at radius 1 is 1.32 bits per heavy atom. The summed E-state index contributed by atoms with van der Waals surface area (Å²) in [5.41, 5.74) is 3.26. The maximum atomic E-state index is 12.3. The van der Waals surface area contributed by atoms with E-state index in [9.17, 15) is 4.79 Å². The van der Waals surface area contributed by atoms with Gasteiger partial charge in [0.25, 0.3) is 0 Å². The molecule has 118 valence electrons. The number of nitrogens with one attached hydrogen (secondary N) is 1. The summed E-state index contributed by atoms with van der Waals surface area (Å²) in [6.45, 7) is 7.15. The number of fused-ring (bicyclic) bond motifs is 2. The predicted molar refractivity (Wildman–Crippen MR) is 85.7 cm³/mol. The van der Waals surface area contributed by atoms with Crippen LogP contribution in [0.3, 0.4) is 0 Å². The molecule has 0 aromatic heterocycles. The Hall–Kier alpha value is -1.35. The average Bonchev–Trinajstić information content (AvgIpc) is 2.48. The fourth-order valence-corrected chi connectivity index (χ4v) is 5.44. The van der Waals surface area contributed by atoms with Gasteiger partial charge in [0.1, 0.15) is 0 Å². The molecule has 22 heavy (non-hydrogen) atoms. The number of ether oxygens (including phenoxy) is 1. The van der Waals surface area contributed by atoms with Crippen LogP contribution in [-0.4, -0.2) is 24.7 Å². The molecule has 2 heterocycles. The van der Waals surface area contributed by atoms with Gasteiger partial charge in [-0.2, -0.15) is 0 Å². The highest BCUT2D eigenvalue weighted by Crippen LogP contribution is 2.62. The van der Waals surface area contributed by atoms with Crippen molar-refractivity contribution in [3.8, 4) is 0 Å². The molecule has 4 aliphatic rings. The Bertz CT molecular complexity index is 628. The monoisotopic (exact) mass is 299 g/mol. The minimum Gasteiger partial charge on any atom is -0.466 e. The molecule has 5 rings (SSSR count). The van der Waals surface area contributed by atoms with Crippen LogP contribution in [0.1, 0.15) is 44.7 Å². The highest BCUT2D eigenvalue weighted by Gasteiger charge is 2.64. The van der Waals surface area contributed by atoms with E-state index >= 15 is 0 Å². The summed E-state index contributed by atoms with van der Waals surface area (Å²) >= 11 is 0. The maximum absolute atomic E-state index is 12.3. The molecule has 3 nitrogen and oxygen atoms in total. The van der Waals surface area contributed by atoms with E-state index in [-0.39, 0.29) is 28.8 Å². The third kappa shape index (κ3) is 1.63. The van der Waals surface area contributed by atoms with Crippen molar-refractivity contribution in [3.63, 3.8) is 0 Å². The molecule has 5 unspecified atom stereocenters. The number of hydrogen-bond donors (Lipinski definition) is 1. The molecule has 0 amide bonds. The van der Waals surface area contributed by atoms with Crippen molar-refractivity contribution in [3.05, 3.63) is 35.4 Å². The van der Waals surface area contributed by atoms with Crippen LogP contribution in [0.5, 0.6) is 0 Å². The van der Waals surface area contributed by atoms with Gasteiger partial charge in [-0.15, -0.1) is 0 Å². The van der Waals surface area contributed by atoms with Crippen LogP contribution >= 0.6 is 0 Å². The first-order valence-electron chi connectivity index (χ1n) is 8.50. The van der Waals surface area contributed by atoms with Crippen molar-refractivity contribution in [2.24, 2.45) is 11.3 Å². The molecule has 1 aromatic carbocycles. The Morgan fingerprint density at radius 2 is 2.09 bits per heavy atom. The lowest BCUT2D eigenvalue weighted by atomic mass is 9.43. The van der Waals surface area contributed by atoms with Gasteiger partial charge in [0.05, 0.1) is 12.5 Å². The minimum absolute atomic E-state index is 0.0133. The fourth-order valence-electron chi connectivity index (χ4n) is 5.44. The second-order valence-electron chi connectivity index (χ2n) is 7.70. The molecule has 1 N–H and O–H groups in total. The van der Waals surface area contributed by atoms with E-state index in [4.69, 9.17) is 4.74 Å². The molecule has 3 fully saturated rings. The second kappa shape index (κ2) is 4.58. The Morgan fingerprint density at radius 3 is 2.86 bits per heavy atom. The summed E-state index contributed by atoms with van der Waals surface area (Å²) in [6, 6.07) is 9.60. The Labute approximate surface area is 132 Å². The van der Waals surface area contributed by atoms with Crippen molar-refractivity contribution in [1.29, 1.82) is 0 Å². The molecule has 2 aliphatic heterocycles. The van der Waals surface area contributed by atoms with Crippen LogP contribution < -0.4 is 5.32 Å². The highest BCUT2D eigenvalue weighted by molar-refractivity contribution is 5.74. The van der Waals surface area contributed by atoms with Crippen LogP contribution in [0.15, 0.2) is 24.3 Å². The third-order valence-corrected chi connectivity index (χ3v) is 6.83. The van der Waals surface area contributed by atoms with Gasteiger partial charge >= 0.3 is 5.97 Å². The van der Waals surface area contributed by atoms with Crippen LogP contribution in [0.4, 0.5) is 0 Å². The van der Waals surface area contributed by atoms with Crippen molar-refractivity contribution < 1.29 is 9.53 Å². The summed E-state index contributed by atoms with van der Waals surface area (Å²) in [6.07, 6.45) is 3.05. The van der Waals surface area contributed by atoms with E-state index in [2.05, 4.69) is 43.4 Å². The molecular weight excluding hydrogens is 274 g/mol. The lowest BCUT2D eigenvalue weighted by Crippen LogP contribution is -2.73. The number of rotatable bonds is 2. The number of piperidine rings is 2. The molecule has 1 saturated carbocycles. The Balaban J connectivity index is 1.76. The topological polar surface area (TPSA) is 38.3 Å². The number of carbonyl (C=O) groups is 1. The molecule has 4 bridgehead atoms. The third-order valence-electron chi connectivity index (χ3n) is 6.83. The van der Waals surface area contributed by atoms with E-state index in [0.717, 1.165) is 19.3 Å². The van der Waals surface area contributed by atoms with Gasteiger partial charge in [-0.25, -0.2) is 0 Å². The molecule has 0 spiro atoms. The summed E-state index contributed by atoms with van der Waals surface area (Å²) in [5.74, 6) is 0.000112. The van der Waals surface area contributed by atoms with Crippen LogP contribution in [0.2, 0.25) is 0 Å². The standard InChI is InChI=1S/C19H25NO2/c1-4-22-17(21)13-10-19(3)16-9-12-7-5-6-8-14(12)18(19,2)11-15(13)20-16/h5-8,13,15-16,20H,4,9-11H2,1-3H3. The minimum atomic E-state index is -0.0133. The molecule has 1 aromatic rings. The molecule has 2 saturated heterocycles. The van der Waals surface area contributed by atoms with Gasteiger partial charge in [-0.1, -0.05) is 38.1 Å². The smallest absolute Gasteiger partial charge is 0.310 e. The van der Waals surface area contributed by atoms with Gasteiger partial charge in [0.2, 0.25) is 0 Å². The van der Waals surface area contributed by atoms with E-state index in [0.29, 0.717) is 12.6 Å². The molecule has 5 atom stereocenters. The largest absolute Gasteiger partial charge is 0.466 e. The normalized spacial score (nSPS) is 41.9. The van der Waals surface area contributed by atoms with Crippen LogP contribution in [0, 0.1) is 11.3 Å². The van der Waals surface area contributed by atoms with E-state index < -0.39 is 0 Å². The Kier molecular flexibility index (Phi) is 2.96. The first kappa shape index (κ1) is 14.3. The summed E-state index contributed by atoms with van der Waals surface area (Å²) in [4.78, 5) is 12.3. The lowest BCUT2D eigenvalue weighted by Gasteiger charge is -2.66. The molecular formula is C19H25NO2. The zero-order valence-corrected chi connectivity index (χ0v) is 13.7. The first-order valence-corrected chi connectivity index (χ1v) is 8.50. The van der Waals surface area contributed by atoms with Gasteiger partial charge in [0.15, 0.2) is 0 Å². The van der Waals surface area contributed by atoms with Crippen LogP contribution in [0.25, 0.3) is 0 Å². The molecule has 3 heteroatoms.